The number of hydrogen-bond donors (Lipinski definition) is 3. The molecule has 3 N–H and O–H groups in total. The highest BCUT2D eigenvalue weighted by molar-refractivity contribution is 7.60. The van der Waals surface area contributed by atoms with E-state index in [1.54, 1.807) is 24.0 Å². The molecule has 0 radical (unpaired) electrons. The van der Waals surface area contributed by atoms with Gasteiger partial charge in [0.2, 0.25) is 0 Å². The van der Waals surface area contributed by atoms with Crippen molar-refractivity contribution >= 4 is 15.6 Å². The molecule has 0 aliphatic carbocycles. The van der Waals surface area contributed by atoms with Crippen LogP contribution in [0.1, 0.15) is 5.82 Å². The quantitative estimate of drug-likeness (QED) is 0.631. The van der Waals surface area contributed by atoms with Crippen LogP contribution in [-0.2, 0) is 31.4 Å². The highest BCUT2D eigenvalue weighted by Gasteiger charge is 2.32. The molecule has 1 heterocycles. The standard InChI is InChI=1S/C6H12N2O7P2/c1-8-4-3-7-6(8)2-5-14-17(12,13)15-16(9,10)11/h3-4H,2,5H2,1H3,(H,12,13)(H2,9,10,11). The van der Waals surface area contributed by atoms with Crippen molar-refractivity contribution in [1.29, 1.82) is 0 Å². The lowest BCUT2D eigenvalue weighted by atomic mass is 10.4. The topological polar surface area (TPSA) is 131 Å². The van der Waals surface area contributed by atoms with Crippen LogP contribution >= 0.6 is 15.6 Å². The van der Waals surface area contributed by atoms with Crippen molar-refractivity contribution in [1.82, 2.24) is 9.55 Å². The Hall–Kier alpha value is -0.530. The summed E-state index contributed by atoms with van der Waals surface area (Å²) in [5, 5.41) is 0. The van der Waals surface area contributed by atoms with E-state index < -0.39 is 15.6 Å². The van der Waals surface area contributed by atoms with Crippen LogP contribution in [0.3, 0.4) is 0 Å². The van der Waals surface area contributed by atoms with E-state index in [1.165, 1.54) is 0 Å². The van der Waals surface area contributed by atoms with Gasteiger partial charge in [0.15, 0.2) is 0 Å². The fourth-order valence-corrected chi connectivity index (χ4v) is 2.63. The summed E-state index contributed by atoms with van der Waals surface area (Å²) in [6.07, 6.45) is 3.43. The van der Waals surface area contributed by atoms with Gasteiger partial charge in [-0.1, -0.05) is 0 Å². The van der Waals surface area contributed by atoms with Gasteiger partial charge in [0, 0.05) is 25.9 Å². The van der Waals surface area contributed by atoms with Crippen LogP contribution in [0.2, 0.25) is 0 Å². The van der Waals surface area contributed by atoms with Crippen LogP contribution in [0.4, 0.5) is 0 Å². The first-order chi connectivity index (χ1) is 7.70. The van der Waals surface area contributed by atoms with Gasteiger partial charge in [-0.2, -0.15) is 4.31 Å². The minimum atomic E-state index is -5.06. The molecule has 0 saturated carbocycles. The van der Waals surface area contributed by atoms with Crippen LogP contribution in [0.5, 0.6) is 0 Å². The summed E-state index contributed by atoms with van der Waals surface area (Å²) in [5.74, 6) is 0.598. The van der Waals surface area contributed by atoms with Gasteiger partial charge < -0.3 is 19.2 Å². The molecule has 0 saturated heterocycles. The molecular formula is C6H12N2O7P2. The molecule has 17 heavy (non-hydrogen) atoms. The normalized spacial score (nSPS) is 15.8. The lowest BCUT2D eigenvalue weighted by molar-refractivity contribution is 0.179. The Kier molecular flexibility index (Phi) is 4.62. The average Bonchev–Trinajstić information content (AvgIpc) is 2.47. The molecule has 0 bridgehead atoms. The highest BCUT2D eigenvalue weighted by atomic mass is 31.3. The highest BCUT2D eigenvalue weighted by Crippen LogP contribution is 2.57. The van der Waals surface area contributed by atoms with Gasteiger partial charge >= 0.3 is 15.6 Å². The molecule has 1 aromatic heterocycles. The van der Waals surface area contributed by atoms with Gasteiger partial charge in [0.25, 0.3) is 0 Å². The molecule has 0 aromatic carbocycles. The smallest absolute Gasteiger partial charge is 0.338 e. The Balaban J connectivity index is 2.43. The molecule has 0 aliphatic heterocycles. The lowest BCUT2D eigenvalue weighted by Gasteiger charge is -2.12. The number of aromatic nitrogens is 2. The monoisotopic (exact) mass is 286 g/mol. The second-order valence-electron chi connectivity index (χ2n) is 3.08. The van der Waals surface area contributed by atoms with Crippen molar-refractivity contribution in [2.24, 2.45) is 7.05 Å². The predicted molar refractivity (Wildman–Crippen MR) is 55.8 cm³/mol. The zero-order chi connectivity index (χ0) is 13.1. The van der Waals surface area contributed by atoms with E-state index in [4.69, 9.17) is 14.7 Å². The number of rotatable bonds is 6. The SMILES string of the molecule is Cn1ccnc1CCOP(=O)(O)OP(=O)(O)O. The summed E-state index contributed by atoms with van der Waals surface area (Å²) in [7, 11) is -8.07. The molecule has 9 nitrogen and oxygen atoms in total. The Morgan fingerprint density at radius 3 is 2.53 bits per heavy atom. The van der Waals surface area contributed by atoms with E-state index in [9.17, 15) is 9.13 Å². The molecular weight excluding hydrogens is 274 g/mol. The summed E-state index contributed by atoms with van der Waals surface area (Å²) < 4.78 is 31.0. The largest absolute Gasteiger partial charge is 0.481 e. The summed E-state index contributed by atoms with van der Waals surface area (Å²) in [5.41, 5.74) is 0. The van der Waals surface area contributed by atoms with Crippen molar-refractivity contribution in [3.8, 4) is 0 Å². The third-order valence-electron chi connectivity index (χ3n) is 1.71. The fraction of sp³-hybridized carbons (Fsp3) is 0.500. The maximum atomic E-state index is 11.0. The van der Waals surface area contributed by atoms with Gasteiger partial charge in [0.05, 0.1) is 6.61 Å². The van der Waals surface area contributed by atoms with Crippen LogP contribution in [-0.4, -0.2) is 30.8 Å². The minimum absolute atomic E-state index is 0.207. The fourth-order valence-electron chi connectivity index (χ4n) is 1.05. The summed E-state index contributed by atoms with van der Waals surface area (Å²) in [6, 6.07) is 0. The van der Waals surface area contributed by atoms with Gasteiger partial charge in [-0.3, -0.25) is 4.52 Å². The molecule has 0 spiro atoms. The van der Waals surface area contributed by atoms with E-state index in [2.05, 4.69) is 13.8 Å². The maximum absolute atomic E-state index is 11.0. The number of imidazole rings is 1. The Morgan fingerprint density at radius 1 is 1.41 bits per heavy atom. The third kappa shape index (κ3) is 5.56. The van der Waals surface area contributed by atoms with Gasteiger partial charge in [0.1, 0.15) is 5.82 Å². The molecule has 0 amide bonds. The lowest BCUT2D eigenvalue weighted by Crippen LogP contribution is -2.04. The molecule has 0 fully saturated rings. The minimum Gasteiger partial charge on any atom is -0.338 e. The first kappa shape index (κ1) is 14.5. The number of aryl methyl sites for hydroxylation is 1. The molecule has 98 valence electrons. The molecule has 1 rings (SSSR count). The average molecular weight is 286 g/mol. The Morgan fingerprint density at radius 2 is 2.06 bits per heavy atom. The molecule has 1 unspecified atom stereocenters. The van der Waals surface area contributed by atoms with Crippen molar-refractivity contribution in [3.63, 3.8) is 0 Å². The van der Waals surface area contributed by atoms with Gasteiger partial charge in [-0.15, -0.1) is 0 Å². The zero-order valence-corrected chi connectivity index (χ0v) is 10.6. The van der Waals surface area contributed by atoms with Crippen LogP contribution in [0, 0.1) is 0 Å². The van der Waals surface area contributed by atoms with Crippen molar-refractivity contribution in [2.75, 3.05) is 6.61 Å². The number of hydrogen-bond acceptors (Lipinski definition) is 5. The van der Waals surface area contributed by atoms with Crippen LogP contribution in [0.25, 0.3) is 0 Å². The second-order valence-corrected chi connectivity index (χ2v) is 5.91. The van der Waals surface area contributed by atoms with Gasteiger partial charge in [-0.05, 0) is 0 Å². The summed E-state index contributed by atoms with van der Waals surface area (Å²) in [6.45, 7) is -0.251. The van der Waals surface area contributed by atoms with Gasteiger partial charge in [-0.25, -0.2) is 14.1 Å². The predicted octanol–water partition coefficient (Wildman–Crippen LogP) is 0.189. The van der Waals surface area contributed by atoms with E-state index in [0.717, 1.165) is 0 Å². The number of phosphoric ester groups is 1. The summed E-state index contributed by atoms with van der Waals surface area (Å²) >= 11 is 0. The van der Waals surface area contributed by atoms with E-state index in [0.29, 0.717) is 5.82 Å². The first-order valence-electron chi connectivity index (χ1n) is 4.40. The number of phosphoric acid groups is 2. The van der Waals surface area contributed by atoms with E-state index >= 15 is 0 Å². The molecule has 1 atom stereocenters. The van der Waals surface area contributed by atoms with Crippen LogP contribution in [0.15, 0.2) is 12.4 Å². The second kappa shape index (κ2) is 5.41. The number of nitrogens with zero attached hydrogens (tertiary/aromatic N) is 2. The van der Waals surface area contributed by atoms with Crippen LogP contribution < -0.4 is 0 Å². The van der Waals surface area contributed by atoms with Crippen molar-refractivity contribution < 1.29 is 32.6 Å². The van der Waals surface area contributed by atoms with E-state index in [-0.39, 0.29) is 13.0 Å². The zero-order valence-electron chi connectivity index (χ0n) is 8.83. The third-order valence-corrected chi connectivity index (χ3v) is 3.90. The van der Waals surface area contributed by atoms with Crippen molar-refractivity contribution in [3.05, 3.63) is 18.2 Å². The summed E-state index contributed by atoms with van der Waals surface area (Å²) in [4.78, 5) is 29.5. The van der Waals surface area contributed by atoms with E-state index in [1.807, 2.05) is 0 Å². The molecule has 1 aromatic rings. The molecule has 11 heteroatoms. The molecule has 0 aliphatic rings. The maximum Gasteiger partial charge on any atom is 0.481 e. The first-order valence-corrected chi connectivity index (χ1v) is 7.42. The Bertz CT molecular complexity index is 467. The van der Waals surface area contributed by atoms with Crippen molar-refractivity contribution in [2.45, 2.75) is 6.42 Å². The Labute approximate surface area is 96.9 Å².